The zero-order valence-corrected chi connectivity index (χ0v) is 20.7. The number of nitrogens with zero attached hydrogens (tertiary/aromatic N) is 1. The predicted molar refractivity (Wildman–Crippen MR) is 137 cm³/mol. The van der Waals surface area contributed by atoms with Crippen molar-refractivity contribution in [2.75, 3.05) is 30.9 Å². The smallest absolute Gasteiger partial charge is 0.258 e. The average molecular weight is 451 g/mol. The van der Waals surface area contributed by atoms with E-state index < -0.39 is 13.2 Å². The first-order valence-electron chi connectivity index (χ1n) is 11.2. The lowest BCUT2D eigenvalue weighted by Crippen LogP contribution is -2.21. The van der Waals surface area contributed by atoms with Gasteiger partial charge in [0.05, 0.1) is 6.61 Å². The highest BCUT2D eigenvalue weighted by atomic mass is 31.2. The normalized spacial score (nSPS) is 14.1. The van der Waals surface area contributed by atoms with E-state index in [0.29, 0.717) is 12.5 Å². The van der Waals surface area contributed by atoms with E-state index in [4.69, 9.17) is 4.52 Å². The van der Waals surface area contributed by atoms with Crippen molar-refractivity contribution in [1.29, 1.82) is 0 Å². The Labute approximate surface area is 193 Å². The number of para-hydroxylation sites is 1. The third-order valence-electron chi connectivity index (χ3n) is 5.51. The van der Waals surface area contributed by atoms with Gasteiger partial charge in [-0.15, -0.1) is 0 Å². The maximum absolute atomic E-state index is 14.8. The quantitative estimate of drug-likeness (QED) is 0.344. The first-order valence-corrected chi connectivity index (χ1v) is 12.9. The Morgan fingerprint density at radius 3 is 2.09 bits per heavy atom. The van der Waals surface area contributed by atoms with Gasteiger partial charge in [-0.05, 0) is 61.2 Å². The Bertz CT molecular complexity index is 1020. The van der Waals surface area contributed by atoms with Crippen molar-refractivity contribution >= 4 is 24.0 Å². The highest BCUT2D eigenvalue weighted by molar-refractivity contribution is 7.67. The Kier molecular flexibility index (Phi) is 8.17. The molecule has 0 aliphatic rings. The van der Waals surface area contributed by atoms with Gasteiger partial charge < -0.3 is 14.7 Å². The number of rotatable bonds is 10. The average Bonchev–Trinajstić information content (AvgIpc) is 2.78. The molecule has 170 valence electrons. The zero-order valence-electron chi connectivity index (χ0n) is 19.8. The molecule has 5 heteroatoms. The van der Waals surface area contributed by atoms with Gasteiger partial charge in [0.15, 0.2) is 0 Å². The van der Waals surface area contributed by atoms with Gasteiger partial charge in [-0.1, -0.05) is 61.9 Å². The lowest BCUT2D eigenvalue weighted by atomic mass is 10.1. The third-order valence-corrected chi connectivity index (χ3v) is 8.21. The first-order chi connectivity index (χ1) is 15.3. The van der Waals surface area contributed by atoms with Gasteiger partial charge in [0.25, 0.3) is 7.37 Å². The summed E-state index contributed by atoms with van der Waals surface area (Å²) in [5.74, 6) is -0.0256. The first kappa shape index (κ1) is 24.1. The summed E-state index contributed by atoms with van der Waals surface area (Å²) in [6.07, 6.45) is 0.853. The summed E-state index contributed by atoms with van der Waals surface area (Å²) in [5.41, 5.74) is 4.09. The maximum Gasteiger partial charge on any atom is 0.258 e. The number of benzene rings is 3. The molecule has 0 saturated heterocycles. The third kappa shape index (κ3) is 6.03. The Morgan fingerprint density at radius 2 is 1.53 bits per heavy atom. The van der Waals surface area contributed by atoms with Gasteiger partial charge in [0, 0.05) is 30.8 Å². The number of nitrogens with one attached hydrogen (secondary N) is 1. The van der Waals surface area contributed by atoms with E-state index in [1.165, 1.54) is 0 Å². The van der Waals surface area contributed by atoms with Crippen LogP contribution in [0, 0.1) is 12.8 Å². The van der Waals surface area contributed by atoms with Crippen LogP contribution >= 0.6 is 7.37 Å². The van der Waals surface area contributed by atoms with Crippen molar-refractivity contribution in [1.82, 2.24) is 0 Å². The summed E-state index contributed by atoms with van der Waals surface area (Å²) in [6, 6.07) is 26.0. The molecule has 0 aromatic heterocycles. The van der Waals surface area contributed by atoms with Gasteiger partial charge >= 0.3 is 0 Å². The molecule has 2 atom stereocenters. The van der Waals surface area contributed by atoms with Gasteiger partial charge in [0.1, 0.15) is 5.78 Å². The monoisotopic (exact) mass is 450 g/mol. The van der Waals surface area contributed by atoms with Crippen molar-refractivity contribution in [3.8, 4) is 0 Å². The molecule has 3 aromatic carbocycles. The van der Waals surface area contributed by atoms with Crippen LogP contribution < -0.4 is 15.5 Å². The van der Waals surface area contributed by atoms with Gasteiger partial charge in [0.2, 0.25) is 0 Å². The second-order valence-electron chi connectivity index (χ2n) is 8.85. The minimum absolute atomic E-state index is 0.448. The number of hydrogen-bond donors (Lipinski definition) is 1. The maximum atomic E-state index is 14.8. The molecule has 0 aliphatic heterocycles. The van der Waals surface area contributed by atoms with Crippen LogP contribution in [0.2, 0.25) is 0 Å². The number of aryl methyl sites for hydroxylation is 1. The Morgan fingerprint density at radius 1 is 0.906 bits per heavy atom. The predicted octanol–water partition coefficient (Wildman–Crippen LogP) is 6.84. The van der Waals surface area contributed by atoms with Gasteiger partial charge in [-0.3, -0.25) is 4.57 Å². The van der Waals surface area contributed by atoms with Crippen LogP contribution in [0.15, 0.2) is 78.9 Å². The highest BCUT2D eigenvalue weighted by Crippen LogP contribution is 2.59. The van der Waals surface area contributed by atoms with E-state index in [-0.39, 0.29) is 0 Å². The van der Waals surface area contributed by atoms with Crippen molar-refractivity contribution in [2.45, 2.75) is 33.0 Å². The lowest BCUT2D eigenvalue weighted by Gasteiger charge is -2.30. The second-order valence-corrected chi connectivity index (χ2v) is 11.3. The fourth-order valence-electron chi connectivity index (χ4n) is 3.49. The molecule has 0 heterocycles. The van der Waals surface area contributed by atoms with Crippen LogP contribution in [-0.2, 0) is 9.09 Å². The molecule has 0 radical (unpaired) electrons. The van der Waals surface area contributed by atoms with Crippen LogP contribution in [0.25, 0.3) is 0 Å². The zero-order chi connectivity index (χ0) is 23.1. The van der Waals surface area contributed by atoms with Crippen molar-refractivity contribution in [2.24, 2.45) is 5.92 Å². The SMILES string of the molecule is Cc1ccc(C(Nc2ccccc2)P(=O)(OCCC(C)C)c2ccc(N(C)C)cc2)cc1. The largest absolute Gasteiger partial charge is 0.378 e. The minimum atomic E-state index is -3.32. The summed E-state index contributed by atoms with van der Waals surface area (Å²) in [6.45, 7) is 6.81. The summed E-state index contributed by atoms with van der Waals surface area (Å²) in [4.78, 5) is 2.04. The molecular formula is C27H35N2O2P. The van der Waals surface area contributed by atoms with E-state index >= 15 is 0 Å². The summed E-state index contributed by atoms with van der Waals surface area (Å²) < 4.78 is 21.1. The van der Waals surface area contributed by atoms with E-state index in [1.807, 2.05) is 85.7 Å². The van der Waals surface area contributed by atoms with Crippen LogP contribution in [0.5, 0.6) is 0 Å². The number of hydrogen-bond acceptors (Lipinski definition) is 4. The topological polar surface area (TPSA) is 41.6 Å². The second kappa shape index (κ2) is 10.8. The molecule has 0 aliphatic carbocycles. The molecule has 0 spiro atoms. The van der Waals surface area contributed by atoms with E-state index in [0.717, 1.165) is 34.2 Å². The fourth-order valence-corrected chi connectivity index (χ4v) is 5.91. The van der Waals surface area contributed by atoms with E-state index in [2.05, 4.69) is 38.2 Å². The Balaban J connectivity index is 2.08. The molecule has 32 heavy (non-hydrogen) atoms. The van der Waals surface area contributed by atoms with Crippen LogP contribution in [0.1, 0.15) is 37.2 Å². The minimum Gasteiger partial charge on any atom is -0.378 e. The lowest BCUT2D eigenvalue weighted by molar-refractivity contribution is 0.290. The molecular weight excluding hydrogens is 415 g/mol. The van der Waals surface area contributed by atoms with Crippen molar-refractivity contribution < 1.29 is 9.09 Å². The molecule has 4 nitrogen and oxygen atoms in total. The summed E-state index contributed by atoms with van der Waals surface area (Å²) in [5, 5.41) is 4.25. The molecule has 1 N–H and O–H groups in total. The van der Waals surface area contributed by atoms with Gasteiger partial charge in [-0.2, -0.15) is 0 Å². The molecule has 0 fully saturated rings. The van der Waals surface area contributed by atoms with Crippen LogP contribution in [-0.4, -0.2) is 20.7 Å². The molecule has 3 rings (SSSR count). The Hall–Kier alpha value is -2.55. The van der Waals surface area contributed by atoms with Crippen LogP contribution in [0.4, 0.5) is 11.4 Å². The van der Waals surface area contributed by atoms with Crippen molar-refractivity contribution in [3.63, 3.8) is 0 Å². The molecule has 0 amide bonds. The standard InChI is InChI=1S/C27H35N2O2P/c1-21(2)19-20-31-32(30,26-17-15-25(16-18-26)29(4)5)27(23-13-11-22(3)12-14-23)28-24-9-7-6-8-10-24/h6-18,21,27-28H,19-20H2,1-5H3. The van der Waals surface area contributed by atoms with Crippen molar-refractivity contribution in [3.05, 3.63) is 90.0 Å². The molecule has 3 aromatic rings. The molecule has 0 bridgehead atoms. The fraction of sp³-hybridized carbons (Fsp3) is 0.333. The highest BCUT2D eigenvalue weighted by Gasteiger charge is 2.38. The van der Waals surface area contributed by atoms with E-state index in [9.17, 15) is 4.57 Å². The molecule has 0 saturated carbocycles. The van der Waals surface area contributed by atoms with Crippen LogP contribution in [0.3, 0.4) is 0 Å². The summed E-state index contributed by atoms with van der Waals surface area (Å²) in [7, 11) is 0.679. The van der Waals surface area contributed by atoms with Gasteiger partial charge in [-0.25, -0.2) is 0 Å². The summed E-state index contributed by atoms with van der Waals surface area (Å²) >= 11 is 0. The number of anilines is 2. The van der Waals surface area contributed by atoms with E-state index in [1.54, 1.807) is 0 Å². The molecule has 2 unspecified atom stereocenters.